The lowest BCUT2D eigenvalue weighted by Crippen LogP contribution is -2.64. The van der Waals surface area contributed by atoms with Crippen LogP contribution in [-0.2, 0) is 16.0 Å². The number of nitrogens with one attached hydrogen (secondary N) is 2. The van der Waals surface area contributed by atoms with Crippen LogP contribution < -0.4 is 15.4 Å². The molecule has 180 valence electrons. The van der Waals surface area contributed by atoms with E-state index in [1.807, 2.05) is 6.07 Å². The summed E-state index contributed by atoms with van der Waals surface area (Å²) in [7, 11) is 3.81. The Balaban J connectivity index is 1.34. The average molecular weight is 459 g/mol. The van der Waals surface area contributed by atoms with Gasteiger partial charge in [-0.2, -0.15) is 0 Å². The first-order valence-electron chi connectivity index (χ1n) is 12.2. The van der Waals surface area contributed by atoms with E-state index >= 15 is 0 Å². The summed E-state index contributed by atoms with van der Waals surface area (Å²) < 4.78 is 12.3. The SMILES string of the molecule is COc1c(NC(=O)[C@H]2NCCC[C@H]2O)ccc2c1C1CO[C@@H]3[C@@H]4C[C@H](CO)[C@H]([C@H](C2)N13)N4C. The first kappa shape index (κ1) is 21.8. The number of anilines is 1. The minimum absolute atomic E-state index is 0.00971. The minimum atomic E-state index is -0.688. The van der Waals surface area contributed by atoms with Gasteiger partial charge in [-0.05, 0) is 50.9 Å². The second kappa shape index (κ2) is 8.18. The van der Waals surface area contributed by atoms with Crippen molar-refractivity contribution in [2.45, 2.75) is 68.2 Å². The maximum atomic E-state index is 12.9. The zero-order chi connectivity index (χ0) is 22.9. The van der Waals surface area contributed by atoms with Crippen LogP contribution in [0.15, 0.2) is 12.1 Å². The number of ether oxygens (including phenoxy) is 2. The summed E-state index contributed by atoms with van der Waals surface area (Å²) in [5.41, 5.74) is 2.94. The molecule has 9 nitrogen and oxygen atoms in total. The second-order valence-electron chi connectivity index (χ2n) is 10.2. The predicted molar refractivity (Wildman–Crippen MR) is 121 cm³/mol. The Morgan fingerprint density at radius 1 is 1.36 bits per heavy atom. The van der Waals surface area contributed by atoms with Crippen LogP contribution in [-0.4, -0.2) is 96.3 Å². The third-order valence-corrected chi connectivity index (χ3v) is 8.66. The molecule has 5 aliphatic heterocycles. The van der Waals surface area contributed by atoms with E-state index in [2.05, 4.69) is 33.5 Å². The molecule has 0 aliphatic carbocycles. The molecule has 0 saturated carbocycles. The lowest BCUT2D eigenvalue weighted by atomic mass is 9.81. The van der Waals surface area contributed by atoms with Gasteiger partial charge in [0.25, 0.3) is 0 Å². The number of rotatable bonds is 4. The van der Waals surface area contributed by atoms with Crippen molar-refractivity contribution in [1.29, 1.82) is 0 Å². The highest BCUT2D eigenvalue weighted by molar-refractivity contribution is 5.97. The fourth-order valence-corrected chi connectivity index (χ4v) is 7.24. The first-order chi connectivity index (χ1) is 16.0. The van der Waals surface area contributed by atoms with Crippen LogP contribution in [0.5, 0.6) is 5.75 Å². The summed E-state index contributed by atoms with van der Waals surface area (Å²) in [5.74, 6) is 0.707. The van der Waals surface area contributed by atoms with E-state index in [1.54, 1.807) is 7.11 Å². The number of aliphatic hydroxyl groups is 2. The largest absolute Gasteiger partial charge is 0.494 e. The molecule has 5 aliphatic rings. The van der Waals surface area contributed by atoms with Gasteiger partial charge in [0.15, 0.2) is 0 Å². The number of hydrogen-bond acceptors (Lipinski definition) is 8. The maximum absolute atomic E-state index is 12.9. The van der Waals surface area contributed by atoms with E-state index < -0.39 is 12.1 Å². The zero-order valence-electron chi connectivity index (χ0n) is 19.2. The second-order valence-corrected chi connectivity index (χ2v) is 10.2. The quantitative estimate of drug-likeness (QED) is 0.502. The first-order valence-corrected chi connectivity index (χ1v) is 12.2. The van der Waals surface area contributed by atoms with Crippen molar-refractivity contribution in [2.75, 3.05) is 39.2 Å². The number of carbonyl (C=O) groups excluding carboxylic acids is 1. The van der Waals surface area contributed by atoms with Crippen LogP contribution in [0.2, 0.25) is 0 Å². The van der Waals surface area contributed by atoms with Crippen molar-refractivity contribution < 1.29 is 24.5 Å². The summed E-state index contributed by atoms with van der Waals surface area (Å²) in [6, 6.07) is 4.32. The number of nitrogens with zero attached hydrogens (tertiary/aromatic N) is 2. The third-order valence-electron chi connectivity index (χ3n) is 8.66. The molecule has 1 aromatic rings. The molecule has 0 aromatic heterocycles. The smallest absolute Gasteiger partial charge is 0.244 e. The minimum Gasteiger partial charge on any atom is -0.494 e. The maximum Gasteiger partial charge on any atom is 0.244 e. The Labute approximate surface area is 194 Å². The van der Waals surface area contributed by atoms with Crippen LogP contribution in [0.4, 0.5) is 5.69 Å². The zero-order valence-corrected chi connectivity index (χ0v) is 19.2. The Morgan fingerprint density at radius 3 is 2.97 bits per heavy atom. The molecule has 4 N–H and O–H groups in total. The number of fused-ring (bicyclic) bond motifs is 6. The van der Waals surface area contributed by atoms with Gasteiger partial charge in [0.2, 0.25) is 5.91 Å². The molecule has 5 heterocycles. The van der Waals surface area contributed by atoms with Crippen LogP contribution in [0.3, 0.4) is 0 Å². The molecule has 4 saturated heterocycles. The molecule has 33 heavy (non-hydrogen) atoms. The van der Waals surface area contributed by atoms with Crippen LogP contribution >= 0.6 is 0 Å². The number of benzene rings is 1. The average Bonchev–Trinajstić information content (AvgIpc) is 3.36. The van der Waals surface area contributed by atoms with E-state index in [9.17, 15) is 15.0 Å². The van der Waals surface area contributed by atoms with Gasteiger partial charge in [-0.3, -0.25) is 14.6 Å². The number of piperidine rings is 1. The number of methoxy groups -OCH3 is 1. The molecular formula is C24H34N4O5. The Bertz CT molecular complexity index is 944. The van der Waals surface area contributed by atoms with Gasteiger partial charge in [-0.1, -0.05) is 6.07 Å². The fourth-order valence-electron chi connectivity index (χ4n) is 7.24. The van der Waals surface area contributed by atoms with Gasteiger partial charge in [-0.25, -0.2) is 0 Å². The van der Waals surface area contributed by atoms with Gasteiger partial charge in [0.1, 0.15) is 18.0 Å². The van der Waals surface area contributed by atoms with Gasteiger partial charge < -0.3 is 30.3 Å². The van der Waals surface area contributed by atoms with E-state index in [0.29, 0.717) is 30.5 Å². The number of hydrogen-bond donors (Lipinski definition) is 4. The molecule has 0 spiro atoms. The number of likely N-dealkylation sites (N-methyl/N-ethyl adjacent to an activating group) is 1. The lowest BCUT2D eigenvalue weighted by Gasteiger charge is -2.51. The van der Waals surface area contributed by atoms with E-state index in [1.165, 1.54) is 5.56 Å². The Morgan fingerprint density at radius 2 is 2.21 bits per heavy atom. The highest BCUT2D eigenvalue weighted by Crippen LogP contribution is 2.53. The lowest BCUT2D eigenvalue weighted by molar-refractivity contribution is -0.121. The molecule has 1 unspecified atom stereocenters. The molecule has 1 amide bonds. The molecule has 0 radical (unpaired) electrons. The molecule has 4 fully saturated rings. The van der Waals surface area contributed by atoms with Crippen molar-refractivity contribution in [1.82, 2.24) is 15.1 Å². The van der Waals surface area contributed by atoms with Crippen LogP contribution in [0, 0.1) is 5.92 Å². The number of amides is 1. The van der Waals surface area contributed by atoms with E-state index in [-0.39, 0.29) is 42.8 Å². The van der Waals surface area contributed by atoms with Gasteiger partial charge in [-0.15, -0.1) is 0 Å². The van der Waals surface area contributed by atoms with Crippen molar-refractivity contribution in [3.8, 4) is 5.75 Å². The molecular weight excluding hydrogens is 424 g/mol. The summed E-state index contributed by atoms with van der Waals surface area (Å²) in [6.45, 7) is 1.51. The van der Waals surface area contributed by atoms with E-state index in [0.717, 1.165) is 31.4 Å². The number of piperazine rings is 1. The highest BCUT2D eigenvalue weighted by atomic mass is 16.5. The number of aliphatic hydroxyl groups excluding tert-OH is 2. The third kappa shape index (κ3) is 3.17. The predicted octanol–water partition coefficient (Wildman–Crippen LogP) is 0.0655. The monoisotopic (exact) mass is 458 g/mol. The van der Waals surface area contributed by atoms with Crippen molar-refractivity contribution >= 4 is 11.6 Å². The summed E-state index contributed by atoms with van der Waals surface area (Å²) in [5, 5.41) is 26.5. The molecule has 9 heteroatoms. The number of carbonyl (C=O) groups is 1. The van der Waals surface area contributed by atoms with Gasteiger partial charge >= 0.3 is 0 Å². The Kier molecular flexibility index (Phi) is 5.39. The van der Waals surface area contributed by atoms with E-state index in [4.69, 9.17) is 9.47 Å². The standard InChI is InChI=1S/C24H34N4O5/c1-27-16-9-13(10-29)21(27)15-8-12-5-6-14(26-23(31)20-18(30)4-3-7-25-20)22(32-2)19(12)17-11-33-24(16)28(15)17/h5-6,13,15-18,20-21,24-25,29-30H,3-4,7-11H2,1-2H3,(H,26,31)/t13-,15+,16+,17?,18-,20+,21-,24-/m1/s1. The molecule has 2 bridgehead atoms. The molecule has 8 atom stereocenters. The van der Waals surface area contributed by atoms with Gasteiger partial charge in [0, 0.05) is 36.2 Å². The normalized spacial score (nSPS) is 39.8. The fraction of sp³-hybridized carbons (Fsp3) is 0.708. The van der Waals surface area contributed by atoms with Crippen molar-refractivity contribution in [3.05, 3.63) is 23.3 Å². The Hall–Kier alpha value is -1.75. The molecule has 1 aromatic carbocycles. The van der Waals surface area contributed by atoms with Gasteiger partial charge in [0.05, 0.1) is 31.5 Å². The highest BCUT2D eigenvalue weighted by Gasteiger charge is 2.60. The van der Waals surface area contributed by atoms with Crippen molar-refractivity contribution in [3.63, 3.8) is 0 Å². The summed E-state index contributed by atoms with van der Waals surface area (Å²) >= 11 is 0. The summed E-state index contributed by atoms with van der Waals surface area (Å²) in [6.07, 6.45) is 2.62. The summed E-state index contributed by atoms with van der Waals surface area (Å²) in [4.78, 5) is 17.9. The topological polar surface area (TPSA) is 107 Å². The van der Waals surface area contributed by atoms with Crippen LogP contribution in [0.1, 0.15) is 36.4 Å². The van der Waals surface area contributed by atoms with Crippen molar-refractivity contribution in [2.24, 2.45) is 5.92 Å². The molecule has 6 rings (SSSR count). The van der Waals surface area contributed by atoms with Crippen LogP contribution in [0.25, 0.3) is 0 Å².